The molecule has 1 aromatic heterocycles. The predicted molar refractivity (Wildman–Crippen MR) is 103 cm³/mol. The van der Waals surface area contributed by atoms with E-state index in [0.717, 1.165) is 5.69 Å². The van der Waals surface area contributed by atoms with Gasteiger partial charge in [-0.25, -0.2) is 0 Å². The summed E-state index contributed by atoms with van der Waals surface area (Å²) >= 11 is 6.33. The zero-order valence-electron chi connectivity index (χ0n) is 15.7. The third-order valence-corrected chi connectivity index (χ3v) is 4.09. The third kappa shape index (κ3) is 5.36. The molecule has 0 radical (unpaired) electrons. The standard InChI is InChI=1S/C20H25ClN2O3/c1-14(2)13-26-19-17(21)11-15(12-18(19)25-4)20(24)23(3)10-8-16-7-5-6-9-22-16/h5-7,9,11-12,14H,8,10,13H2,1-4H3. The van der Waals surface area contributed by atoms with Gasteiger partial charge < -0.3 is 14.4 Å². The molecule has 1 amide bonds. The lowest BCUT2D eigenvalue weighted by Crippen LogP contribution is -2.29. The van der Waals surface area contributed by atoms with E-state index in [1.54, 1.807) is 30.3 Å². The average molecular weight is 377 g/mol. The maximum Gasteiger partial charge on any atom is 0.253 e. The van der Waals surface area contributed by atoms with Crippen LogP contribution in [-0.4, -0.2) is 43.1 Å². The second-order valence-electron chi connectivity index (χ2n) is 6.49. The summed E-state index contributed by atoms with van der Waals surface area (Å²) in [7, 11) is 3.29. The van der Waals surface area contributed by atoms with Crippen molar-refractivity contribution in [2.45, 2.75) is 20.3 Å². The summed E-state index contributed by atoms with van der Waals surface area (Å²) in [6, 6.07) is 9.04. The number of likely N-dealkylation sites (N-methyl/N-ethyl adjacent to an activating group) is 1. The van der Waals surface area contributed by atoms with E-state index in [2.05, 4.69) is 18.8 Å². The lowest BCUT2D eigenvalue weighted by Gasteiger charge is -2.19. The quantitative estimate of drug-likeness (QED) is 0.696. The minimum absolute atomic E-state index is 0.128. The van der Waals surface area contributed by atoms with Gasteiger partial charge in [-0.1, -0.05) is 31.5 Å². The van der Waals surface area contributed by atoms with Crippen molar-refractivity contribution in [3.05, 3.63) is 52.8 Å². The van der Waals surface area contributed by atoms with Gasteiger partial charge >= 0.3 is 0 Å². The van der Waals surface area contributed by atoms with Gasteiger partial charge in [-0.05, 0) is 30.2 Å². The minimum Gasteiger partial charge on any atom is -0.493 e. The fourth-order valence-corrected chi connectivity index (χ4v) is 2.65. The van der Waals surface area contributed by atoms with E-state index in [4.69, 9.17) is 21.1 Å². The maximum atomic E-state index is 12.7. The van der Waals surface area contributed by atoms with Crippen molar-refractivity contribution in [3.8, 4) is 11.5 Å². The van der Waals surface area contributed by atoms with Crippen LogP contribution in [0, 0.1) is 5.92 Å². The van der Waals surface area contributed by atoms with Crippen molar-refractivity contribution in [2.24, 2.45) is 5.92 Å². The van der Waals surface area contributed by atoms with Crippen LogP contribution in [0.4, 0.5) is 0 Å². The van der Waals surface area contributed by atoms with Gasteiger partial charge in [-0.2, -0.15) is 0 Å². The molecule has 0 unspecified atom stereocenters. The molecule has 0 atom stereocenters. The number of hydrogen-bond acceptors (Lipinski definition) is 4. The zero-order valence-corrected chi connectivity index (χ0v) is 16.4. The second-order valence-corrected chi connectivity index (χ2v) is 6.90. The van der Waals surface area contributed by atoms with Gasteiger partial charge in [0.15, 0.2) is 11.5 Å². The molecule has 0 aliphatic heterocycles. The Balaban J connectivity index is 2.11. The maximum absolute atomic E-state index is 12.7. The highest BCUT2D eigenvalue weighted by Gasteiger charge is 2.18. The first-order chi connectivity index (χ1) is 12.4. The summed E-state index contributed by atoms with van der Waals surface area (Å²) in [6.45, 7) is 5.18. The van der Waals surface area contributed by atoms with E-state index >= 15 is 0 Å². The molecule has 0 N–H and O–H groups in total. The number of hydrogen-bond donors (Lipinski definition) is 0. The number of halogens is 1. The summed E-state index contributed by atoms with van der Waals surface area (Å²) in [5.41, 5.74) is 1.41. The number of benzene rings is 1. The molecule has 0 aliphatic carbocycles. The van der Waals surface area contributed by atoms with Crippen molar-refractivity contribution in [1.29, 1.82) is 0 Å². The number of aromatic nitrogens is 1. The number of carbonyl (C=O) groups is 1. The average Bonchev–Trinajstić information content (AvgIpc) is 2.64. The molecule has 0 saturated heterocycles. The Morgan fingerprint density at radius 1 is 1.31 bits per heavy atom. The van der Waals surface area contributed by atoms with Crippen molar-refractivity contribution < 1.29 is 14.3 Å². The Morgan fingerprint density at radius 3 is 2.69 bits per heavy atom. The Bertz CT molecular complexity index is 735. The van der Waals surface area contributed by atoms with Crippen molar-refractivity contribution in [1.82, 2.24) is 9.88 Å². The van der Waals surface area contributed by atoms with Crippen LogP contribution in [-0.2, 0) is 6.42 Å². The molecule has 0 aliphatic rings. The number of nitrogens with zero attached hydrogens (tertiary/aromatic N) is 2. The van der Waals surface area contributed by atoms with Crippen LogP contribution in [0.15, 0.2) is 36.5 Å². The molecule has 2 rings (SSSR count). The molecule has 2 aromatic rings. The molecule has 1 heterocycles. The first-order valence-electron chi connectivity index (χ1n) is 8.58. The Hall–Kier alpha value is -2.27. The van der Waals surface area contributed by atoms with Crippen LogP contribution in [0.5, 0.6) is 11.5 Å². The zero-order chi connectivity index (χ0) is 19.1. The van der Waals surface area contributed by atoms with Crippen LogP contribution in [0.1, 0.15) is 29.9 Å². The normalized spacial score (nSPS) is 10.7. The van der Waals surface area contributed by atoms with Gasteiger partial charge in [0.25, 0.3) is 5.91 Å². The summed E-state index contributed by atoms with van der Waals surface area (Å²) in [4.78, 5) is 18.6. The van der Waals surface area contributed by atoms with E-state index < -0.39 is 0 Å². The lowest BCUT2D eigenvalue weighted by molar-refractivity contribution is 0.0796. The Kier molecular flexibility index (Phi) is 7.27. The SMILES string of the molecule is COc1cc(C(=O)N(C)CCc2ccccn2)cc(Cl)c1OCC(C)C. The van der Waals surface area contributed by atoms with Gasteiger partial charge in [-0.15, -0.1) is 0 Å². The molecule has 0 bridgehead atoms. The molecule has 0 saturated carbocycles. The van der Waals surface area contributed by atoms with Crippen molar-refractivity contribution in [3.63, 3.8) is 0 Å². The van der Waals surface area contributed by atoms with E-state index in [1.165, 1.54) is 7.11 Å². The number of amides is 1. The number of ether oxygens (including phenoxy) is 2. The first-order valence-corrected chi connectivity index (χ1v) is 8.95. The summed E-state index contributed by atoms with van der Waals surface area (Å²) < 4.78 is 11.1. The van der Waals surface area contributed by atoms with E-state index in [9.17, 15) is 4.79 Å². The van der Waals surface area contributed by atoms with Crippen LogP contribution in [0.25, 0.3) is 0 Å². The Labute approximate surface area is 159 Å². The van der Waals surface area contributed by atoms with Crippen molar-refractivity contribution >= 4 is 17.5 Å². The summed E-state index contributed by atoms with van der Waals surface area (Å²) in [5, 5.41) is 0.367. The van der Waals surface area contributed by atoms with Gasteiger partial charge in [-0.3, -0.25) is 9.78 Å². The van der Waals surface area contributed by atoms with Gasteiger partial charge in [0.1, 0.15) is 0 Å². The minimum atomic E-state index is -0.128. The molecule has 0 fully saturated rings. The topological polar surface area (TPSA) is 51.7 Å². The van der Waals surface area contributed by atoms with Gasteiger partial charge in [0, 0.05) is 37.5 Å². The highest BCUT2D eigenvalue weighted by molar-refractivity contribution is 6.32. The van der Waals surface area contributed by atoms with Crippen LogP contribution >= 0.6 is 11.6 Å². The van der Waals surface area contributed by atoms with Crippen LogP contribution in [0.2, 0.25) is 5.02 Å². The van der Waals surface area contributed by atoms with E-state index in [-0.39, 0.29) is 5.91 Å². The van der Waals surface area contributed by atoms with E-state index in [0.29, 0.717) is 47.6 Å². The number of methoxy groups -OCH3 is 1. The molecule has 26 heavy (non-hydrogen) atoms. The molecular weight excluding hydrogens is 352 g/mol. The monoisotopic (exact) mass is 376 g/mol. The predicted octanol–water partition coefficient (Wildman–Crippen LogP) is 4.09. The highest BCUT2D eigenvalue weighted by atomic mass is 35.5. The lowest BCUT2D eigenvalue weighted by atomic mass is 10.1. The highest BCUT2D eigenvalue weighted by Crippen LogP contribution is 2.37. The molecule has 140 valence electrons. The fourth-order valence-electron chi connectivity index (χ4n) is 2.38. The number of carbonyl (C=O) groups excluding carboxylic acids is 1. The Morgan fingerprint density at radius 2 is 2.08 bits per heavy atom. The van der Waals surface area contributed by atoms with Crippen LogP contribution < -0.4 is 9.47 Å². The smallest absolute Gasteiger partial charge is 0.253 e. The molecule has 1 aromatic carbocycles. The summed E-state index contributed by atoms with van der Waals surface area (Å²) in [5.74, 6) is 1.15. The van der Waals surface area contributed by atoms with E-state index in [1.807, 2.05) is 18.2 Å². The molecule has 6 heteroatoms. The molecule has 0 spiro atoms. The fraction of sp³-hybridized carbons (Fsp3) is 0.400. The van der Waals surface area contributed by atoms with Crippen molar-refractivity contribution in [2.75, 3.05) is 27.3 Å². The number of pyridine rings is 1. The second kappa shape index (κ2) is 9.43. The first kappa shape index (κ1) is 20.0. The number of rotatable bonds is 8. The van der Waals surface area contributed by atoms with Gasteiger partial charge in [0.2, 0.25) is 0 Å². The molecular formula is C20H25ClN2O3. The largest absolute Gasteiger partial charge is 0.493 e. The van der Waals surface area contributed by atoms with Crippen LogP contribution in [0.3, 0.4) is 0 Å². The molecule has 5 nitrogen and oxygen atoms in total. The summed E-state index contributed by atoms with van der Waals surface area (Å²) in [6.07, 6.45) is 2.43. The third-order valence-electron chi connectivity index (χ3n) is 3.81. The van der Waals surface area contributed by atoms with Gasteiger partial charge in [0.05, 0.1) is 18.7 Å².